The number of allylic oxidation sites excluding steroid dienone is 1. The molecule has 0 saturated carbocycles. The van der Waals surface area contributed by atoms with Crippen LogP contribution in [0.3, 0.4) is 0 Å². The van der Waals surface area contributed by atoms with Gasteiger partial charge in [-0.2, -0.15) is 0 Å². The number of nitro benzene ring substituents is 2. The standard InChI is InChI=1S/C42H64N3O11P/c1-9-10-11-12-13-14-15-16-17-18-19-20-21-30-39-38(43(42(7,8)53-39)40(46)54-41(4,5)6)31-52-57(51,55-32(2)34-26-22-24-28-36(34)44(47)48)56-33(3)35-27-23-25-29-37(35)45(49)50/h21-30,32-33,38-39H,9-20,31H2,1-8H3/b30-21+/t32-,33-,38+,39-/m1/s1. The number of hydrogen-bond donors (Lipinski definition) is 0. The Hall–Kier alpha value is -3.68. The SMILES string of the molecule is CCCCCCCCCCCCC/C=C/[C@H]1OC(C)(C)N(C(=O)OC(C)(C)C)[C@H]1COP(=O)(O[C@H](C)c1ccccc1[N+](=O)[O-])O[C@H](C)c1ccccc1[N+](=O)[O-]. The molecule has 0 aromatic heterocycles. The fraction of sp³-hybridized carbons (Fsp3) is 0.643. The Kier molecular flexibility index (Phi) is 18.8. The second-order valence-corrected chi connectivity index (χ2v) is 17.6. The molecule has 2 aromatic carbocycles. The Morgan fingerprint density at radius 1 is 0.842 bits per heavy atom. The first kappa shape index (κ1) is 47.7. The Balaban J connectivity index is 1.85. The lowest BCUT2D eigenvalue weighted by Gasteiger charge is -2.35. The molecule has 3 rings (SSSR count). The van der Waals surface area contributed by atoms with Crippen LogP contribution in [0.15, 0.2) is 60.7 Å². The summed E-state index contributed by atoms with van der Waals surface area (Å²) in [5, 5.41) is 23.7. The normalized spacial score (nSPS) is 18.1. The molecule has 1 saturated heterocycles. The number of phosphoric ester groups is 1. The van der Waals surface area contributed by atoms with E-state index in [1.165, 1.54) is 113 Å². The molecule has 15 heteroatoms. The van der Waals surface area contributed by atoms with Crippen molar-refractivity contribution in [2.24, 2.45) is 0 Å². The lowest BCUT2D eigenvalue weighted by atomic mass is 10.0. The van der Waals surface area contributed by atoms with E-state index < -0.39 is 66.0 Å². The van der Waals surface area contributed by atoms with E-state index in [-0.39, 0.29) is 22.5 Å². The van der Waals surface area contributed by atoms with Gasteiger partial charge in [-0.1, -0.05) is 108 Å². The number of ether oxygens (including phenoxy) is 2. The van der Waals surface area contributed by atoms with Crippen LogP contribution in [0.4, 0.5) is 16.2 Å². The number of carbonyl (C=O) groups is 1. The van der Waals surface area contributed by atoms with Crippen LogP contribution in [0, 0.1) is 20.2 Å². The van der Waals surface area contributed by atoms with E-state index in [9.17, 15) is 29.6 Å². The summed E-state index contributed by atoms with van der Waals surface area (Å²) in [5.74, 6) is 0. The maximum atomic E-state index is 14.8. The van der Waals surface area contributed by atoms with E-state index in [0.29, 0.717) is 0 Å². The predicted molar refractivity (Wildman–Crippen MR) is 220 cm³/mol. The van der Waals surface area contributed by atoms with Crippen LogP contribution in [-0.2, 0) is 27.6 Å². The molecule has 1 heterocycles. The number of benzene rings is 2. The quantitative estimate of drug-likeness (QED) is 0.0325. The Morgan fingerprint density at radius 2 is 1.30 bits per heavy atom. The van der Waals surface area contributed by atoms with Crippen LogP contribution in [0.25, 0.3) is 0 Å². The molecular formula is C42H64N3O11P. The molecule has 14 nitrogen and oxygen atoms in total. The molecule has 0 unspecified atom stereocenters. The number of hydrogen-bond acceptors (Lipinski definition) is 11. The van der Waals surface area contributed by atoms with E-state index >= 15 is 0 Å². The van der Waals surface area contributed by atoms with Crippen LogP contribution < -0.4 is 0 Å². The van der Waals surface area contributed by atoms with Crippen LogP contribution in [0.5, 0.6) is 0 Å². The van der Waals surface area contributed by atoms with Gasteiger partial charge >= 0.3 is 13.9 Å². The third-order valence-electron chi connectivity index (χ3n) is 9.73. The average Bonchev–Trinajstić information content (AvgIpc) is 3.40. The largest absolute Gasteiger partial charge is 0.476 e. The summed E-state index contributed by atoms with van der Waals surface area (Å²) in [6.45, 7) is 13.4. The zero-order valence-corrected chi connectivity index (χ0v) is 35.9. The van der Waals surface area contributed by atoms with Crippen LogP contribution in [0.2, 0.25) is 0 Å². The molecule has 57 heavy (non-hydrogen) atoms. The number of phosphoric acid groups is 1. The third-order valence-corrected chi connectivity index (χ3v) is 11.3. The van der Waals surface area contributed by atoms with Crippen molar-refractivity contribution in [3.05, 3.63) is 92.0 Å². The Morgan fingerprint density at radius 3 is 1.75 bits per heavy atom. The summed E-state index contributed by atoms with van der Waals surface area (Å²) < 4.78 is 44.9. The van der Waals surface area contributed by atoms with Gasteiger partial charge in [0.2, 0.25) is 0 Å². The molecule has 0 spiro atoms. The zero-order valence-electron chi connectivity index (χ0n) is 35.1. The van der Waals surface area contributed by atoms with Crippen molar-refractivity contribution in [1.82, 2.24) is 4.90 Å². The number of nitrogens with zero attached hydrogens (tertiary/aromatic N) is 3. The summed E-state index contributed by atoms with van der Waals surface area (Å²) in [7, 11) is -4.74. The summed E-state index contributed by atoms with van der Waals surface area (Å²) in [4.78, 5) is 37.7. The monoisotopic (exact) mass is 817 g/mol. The highest BCUT2D eigenvalue weighted by atomic mass is 31.2. The first-order chi connectivity index (χ1) is 26.9. The zero-order chi connectivity index (χ0) is 42.2. The summed E-state index contributed by atoms with van der Waals surface area (Å²) in [6.07, 6.45) is 14.5. The van der Waals surface area contributed by atoms with E-state index in [0.717, 1.165) is 19.3 Å². The first-order valence-electron chi connectivity index (χ1n) is 20.3. The van der Waals surface area contributed by atoms with Gasteiger partial charge in [-0.15, -0.1) is 0 Å². The summed E-state index contributed by atoms with van der Waals surface area (Å²) in [5.41, 5.74) is -2.34. The fourth-order valence-electron chi connectivity index (χ4n) is 6.92. The van der Waals surface area contributed by atoms with Gasteiger partial charge in [0, 0.05) is 12.1 Å². The maximum Gasteiger partial charge on any atom is 0.476 e. The molecule has 1 fully saturated rings. The van der Waals surface area contributed by atoms with Crippen molar-refractivity contribution in [2.75, 3.05) is 6.61 Å². The minimum atomic E-state index is -4.74. The molecule has 1 amide bonds. The van der Waals surface area contributed by atoms with Gasteiger partial charge in [-0.3, -0.25) is 38.7 Å². The minimum absolute atomic E-state index is 0.109. The predicted octanol–water partition coefficient (Wildman–Crippen LogP) is 12.5. The second-order valence-electron chi connectivity index (χ2n) is 16.1. The van der Waals surface area contributed by atoms with Gasteiger partial charge in [0.1, 0.15) is 17.4 Å². The van der Waals surface area contributed by atoms with Gasteiger partial charge in [0.25, 0.3) is 11.4 Å². The highest BCUT2D eigenvalue weighted by Crippen LogP contribution is 2.57. The third kappa shape index (κ3) is 15.2. The Bertz CT molecular complexity index is 1610. The summed E-state index contributed by atoms with van der Waals surface area (Å²) >= 11 is 0. The van der Waals surface area contributed by atoms with E-state index in [1.54, 1.807) is 46.8 Å². The second kappa shape index (κ2) is 22.5. The van der Waals surface area contributed by atoms with Gasteiger partial charge in [0.15, 0.2) is 0 Å². The highest BCUT2D eigenvalue weighted by Gasteiger charge is 2.51. The molecule has 2 aromatic rings. The van der Waals surface area contributed by atoms with E-state index in [4.69, 9.17) is 23.0 Å². The van der Waals surface area contributed by atoms with Crippen molar-refractivity contribution in [3.63, 3.8) is 0 Å². The maximum absolute atomic E-state index is 14.8. The highest BCUT2D eigenvalue weighted by molar-refractivity contribution is 7.48. The van der Waals surface area contributed by atoms with Gasteiger partial charge in [-0.05, 0) is 73.4 Å². The average molecular weight is 818 g/mol. The van der Waals surface area contributed by atoms with E-state index in [2.05, 4.69) is 6.92 Å². The number of rotatable bonds is 24. The van der Waals surface area contributed by atoms with Crippen molar-refractivity contribution in [2.45, 2.75) is 168 Å². The van der Waals surface area contributed by atoms with Crippen LogP contribution >= 0.6 is 7.82 Å². The van der Waals surface area contributed by atoms with Gasteiger partial charge < -0.3 is 9.47 Å². The molecule has 318 valence electrons. The lowest BCUT2D eigenvalue weighted by molar-refractivity contribution is -0.386. The number of unbranched alkanes of at least 4 members (excludes halogenated alkanes) is 11. The van der Waals surface area contributed by atoms with Crippen molar-refractivity contribution < 1.29 is 42.3 Å². The van der Waals surface area contributed by atoms with Gasteiger partial charge in [-0.25, -0.2) is 9.36 Å². The smallest absolute Gasteiger partial charge is 0.444 e. The molecule has 1 aliphatic rings. The molecular weight excluding hydrogens is 753 g/mol. The van der Waals surface area contributed by atoms with Crippen LogP contribution in [-0.4, -0.2) is 50.9 Å². The molecule has 1 aliphatic heterocycles. The molecule has 0 N–H and O–H groups in total. The van der Waals surface area contributed by atoms with Crippen molar-refractivity contribution in [3.8, 4) is 0 Å². The van der Waals surface area contributed by atoms with Crippen molar-refractivity contribution in [1.29, 1.82) is 0 Å². The van der Waals surface area contributed by atoms with Crippen LogP contribution in [0.1, 0.15) is 156 Å². The lowest BCUT2D eigenvalue weighted by Crippen LogP contribution is -2.51. The Labute approximate surface area is 338 Å². The summed E-state index contributed by atoms with van der Waals surface area (Å²) in [6, 6.07) is 10.8. The first-order valence-corrected chi connectivity index (χ1v) is 21.8. The molecule has 0 bridgehead atoms. The minimum Gasteiger partial charge on any atom is -0.444 e. The number of para-hydroxylation sites is 2. The van der Waals surface area contributed by atoms with E-state index in [1.807, 2.05) is 12.2 Å². The molecule has 4 atom stereocenters. The number of amides is 1. The number of nitro groups is 2. The molecule has 0 radical (unpaired) electrons. The molecule has 0 aliphatic carbocycles. The van der Waals surface area contributed by atoms with Crippen molar-refractivity contribution >= 4 is 25.3 Å². The van der Waals surface area contributed by atoms with Gasteiger partial charge in [0.05, 0.1) is 45.8 Å². The number of carbonyl (C=O) groups excluding carboxylic acids is 1. The fourth-order valence-corrected chi connectivity index (χ4v) is 8.43. The topological polar surface area (TPSA) is 170 Å².